The van der Waals surface area contributed by atoms with Crippen molar-refractivity contribution in [1.29, 1.82) is 5.41 Å². The van der Waals surface area contributed by atoms with Gasteiger partial charge in [0.1, 0.15) is 17.1 Å². The highest BCUT2D eigenvalue weighted by Crippen LogP contribution is 2.54. The fourth-order valence-corrected chi connectivity index (χ4v) is 4.35. The van der Waals surface area contributed by atoms with Gasteiger partial charge in [0.25, 0.3) is 11.8 Å². The number of amidine groups is 1. The predicted octanol–water partition coefficient (Wildman–Crippen LogP) is 2.71. The van der Waals surface area contributed by atoms with Crippen LogP contribution in [0.15, 0.2) is 42.3 Å². The van der Waals surface area contributed by atoms with E-state index in [-0.39, 0.29) is 48.0 Å². The second-order valence-electron chi connectivity index (χ2n) is 10.0. The van der Waals surface area contributed by atoms with Crippen LogP contribution in [0.1, 0.15) is 41.0 Å². The largest absolute Gasteiger partial charge is 0.491 e. The summed E-state index contributed by atoms with van der Waals surface area (Å²) in [7, 11) is 0. The lowest BCUT2D eigenvalue weighted by molar-refractivity contribution is -0.137. The number of rotatable bonds is 11. The van der Waals surface area contributed by atoms with Gasteiger partial charge in [0.15, 0.2) is 11.5 Å². The third kappa shape index (κ3) is 6.04. The number of aliphatic hydroxyl groups is 1. The number of amides is 2. The van der Waals surface area contributed by atoms with Crippen LogP contribution in [0.3, 0.4) is 0 Å². The van der Waals surface area contributed by atoms with E-state index in [1.54, 1.807) is 26.8 Å². The van der Waals surface area contributed by atoms with Crippen molar-refractivity contribution in [3.8, 4) is 11.5 Å². The van der Waals surface area contributed by atoms with Gasteiger partial charge in [-0.1, -0.05) is 19.9 Å². The zero-order valence-corrected chi connectivity index (χ0v) is 21.4. The summed E-state index contributed by atoms with van der Waals surface area (Å²) in [6, 6.07) is 4.53. The molecule has 2 unspecified atom stereocenters. The van der Waals surface area contributed by atoms with E-state index in [1.165, 1.54) is 35.4 Å². The summed E-state index contributed by atoms with van der Waals surface area (Å²) in [5.74, 6) is -1.44. The molecule has 9 nitrogen and oxygen atoms in total. The summed E-state index contributed by atoms with van der Waals surface area (Å²) < 4.78 is 25.7. The maximum absolute atomic E-state index is 14.7. The molecule has 1 saturated carbocycles. The van der Waals surface area contributed by atoms with E-state index in [0.29, 0.717) is 13.0 Å². The van der Waals surface area contributed by atoms with E-state index in [2.05, 4.69) is 10.6 Å². The monoisotopic (exact) mass is 502 g/mol. The Labute approximate surface area is 210 Å². The first-order valence-electron chi connectivity index (χ1n) is 12.0. The van der Waals surface area contributed by atoms with E-state index in [4.69, 9.17) is 14.9 Å². The maximum atomic E-state index is 14.7. The summed E-state index contributed by atoms with van der Waals surface area (Å²) >= 11 is 0. The number of ether oxygens (including phenoxy) is 2. The predicted molar refractivity (Wildman–Crippen MR) is 133 cm³/mol. The first kappa shape index (κ1) is 27.2. The normalized spacial score (nSPS) is 21.6. The first-order valence-corrected chi connectivity index (χ1v) is 12.0. The van der Waals surface area contributed by atoms with Crippen LogP contribution in [0.25, 0.3) is 0 Å². The summed E-state index contributed by atoms with van der Waals surface area (Å²) in [5, 5.41) is 23.3. The van der Waals surface area contributed by atoms with Crippen molar-refractivity contribution in [1.82, 2.24) is 15.5 Å². The van der Waals surface area contributed by atoms with Gasteiger partial charge >= 0.3 is 0 Å². The second-order valence-corrected chi connectivity index (χ2v) is 10.0. The minimum atomic E-state index is -1.13. The third-order valence-corrected chi connectivity index (χ3v) is 6.15. The summed E-state index contributed by atoms with van der Waals surface area (Å²) in [4.78, 5) is 27.7. The number of carbonyl (C=O) groups is 2. The molecule has 0 bridgehead atoms. The van der Waals surface area contributed by atoms with Crippen LogP contribution >= 0.6 is 0 Å². The molecule has 4 N–H and O–H groups in total. The van der Waals surface area contributed by atoms with Crippen LogP contribution in [0.5, 0.6) is 11.5 Å². The highest BCUT2D eigenvalue weighted by Gasteiger charge is 2.66. The first-order chi connectivity index (χ1) is 16.9. The molecule has 0 spiro atoms. The standard InChI is InChI=1S/C26H35FN4O5/c1-6-35-19-8-7-9-20(23(19)27)36-17-12-22(32)31(14-17)26(13-18(26)16(2)3)24(33)30-21(28)10-11-29-15-25(4,5)34/h7-12,16,18,29,34H,6,13-15H2,1-5H3,(H2,28,30,33)/b11-10-. The fourth-order valence-electron chi connectivity index (χ4n) is 4.35. The molecule has 3 rings (SSSR count). The Kier molecular flexibility index (Phi) is 8.08. The van der Waals surface area contributed by atoms with Crippen LogP contribution in [-0.4, -0.2) is 58.5 Å². The molecule has 0 aromatic heterocycles. The number of benzene rings is 1. The Morgan fingerprint density at radius 1 is 1.39 bits per heavy atom. The van der Waals surface area contributed by atoms with Crippen LogP contribution < -0.4 is 20.1 Å². The molecule has 1 fully saturated rings. The summed E-state index contributed by atoms with van der Waals surface area (Å²) in [5.41, 5.74) is -2.05. The summed E-state index contributed by atoms with van der Waals surface area (Å²) in [6.45, 7) is 9.56. The smallest absolute Gasteiger partial charge is 0.251 e. The van der Waals surface area contributed by atoms with Gasteiger partial charge in [-0.3, -0.25) is 15.0 Å². The van der Waals surface area contributed by atoms with Gasteiger partial charge in [0.2, 0.25) is 5.82 Å². The highest BCUT2D eigenvalue weighted by molar-refractivity contribution is 6.09. The molecule has 2 aliphatic rings. The molecule has 1 aromatic carbocycles. The highest BCUT2D eigenvalue weighted by atomic mass is 19.1. The van der Waals surface area contributed by atoms with Crippen LogP contribution in [0.2, 0.25) is 0 Å². The molecule has 1 aromatic rings. The molecule has 1 aliphatic heterocycles. The molecular weight excluding hydrogens is 467 g/mol. The van der Waals surface area contributed by atoms with E-state index in [1.807, 2.05) is 13.8 Å². The van der Waals surface area contributed by atoms with Crippen molar-refractivity contribution in [2.75, 3.05) is 19.7 Å². The Balaban J connectivity index is 1.70. The van der Waals surface area contributed by atoms with Gasteiger partial charge in [-0.2, -0.15) is 4.39 Å². The number of hydrogen-bond donors (Lipinski definition) is 4. The van der Waals surface area contributed by atoms with Gasteiger partial charge in [-0.25, -0.2) is 0 Å². The van der Waals surface area contributed by atoms with Crippen LogP contribution in [0, 0.1) is 23.1 Å². The average Bonchev–Trinajstić information content (AvgIpc) is 3.44. The minimum absolute atomic E-state index is 0.00405. The molecule has 10 heteroatoms. The molecular formula is C26H35FN4O5. The lowest BCUT2D eigenvalue weighted by atomic mass is 10.0. The number of halogens is 1. The molecule has 1 aliphatic carbocycles. The van der Waals surface area contributed by atoms with Crippen molar-refractivity contribution in [2.45, 2.75) is 52.2 Å². The molecule has 0 radical (unpaired) electrons. The van der Waals surface area contributed by atoms with E-state index >= 15 is 0 Å². The fraction of sp³-hybridized carbons (Fsp3) is 0.500. The quantitative estimate of drug-likeness (QED) is 0.273. The molecule has 36 heavy (non-hydrogen) atoms. The van der Waals surface area contributed by atoms with Crippen molar-refractivity contribution >= 4 is 17.6 Å². The average molecular weight is 503 g/mol. The molecule has 1 heterocycles. The van der Waals surface area contributed by atoms with Gasteiger partial charge in [0, 0.05) is 18.8 Å². The summed E-state index contributed by atoms with van der Waals surface area (Å²) in [6.07, 6.45) is 4.56. The van der Waals surface area contributed by atoms with Crippen LogP contribution in [-0.2, 0) is 9.59 Å². The molecule has 0 saturated heterocycles. The maximum Gasteiger partial charge on any atom is 0.251 e. The Hall–Kier alpha value is -3.40. The van der Waals surface area contributed by atoms with Crippen molar-refractivity contribution < 1.29 is 28.6 Å². The lowest BCUT2D eigenvalue weighted by Gasteiger charge is -2.29. The molecule has 196 valence electrons. The molecule has 2 atom stereocenters. The van der Waals surface area contributed by atoms with Gasteiger partial charge in [0.05, 0.1) is 18.8 Å². The third-order valence-electron chi connectivity index (χ3n) is 6.15. The lowest BCUT2D eigenvalue weighted by Crippen LogP contribution is -2.53. The van der Waals surface area contributed by atoms with E-state index in [9.17, 15) is 19.1 Å². The Bertz CT molecular complexity index is 1080. The number of nitrogens with zero attached hydrogens (tertiary/aromatic N) is 1. The van der Waals surface area contributed by atoms with Crippen molar-refractivity contribution in [2.24, 2.45) is 11.8 Å². The molecule has 2 amide bonds. The van der Waals surface area contributed by atoms with Gasteiger partial charge < -0.3 is 30.1 Å². The topological polar surface area (TPSA) is 124 Å². The van der Waals surface area contributed by atoms with E-state index in [0.717, 1.165) is 0 Å². The van der Waals surface area contributed by atoms with Gasteiger partial charge in [-0.15, -0.1) is 0 Å². The van der Waals surface area contributed by atoms with Gasteiger partial charge in [-0.05, 0) is 57.2 Å². The number of hydrogen-bond acceptors (Lipinski definition) is 7. The Morgan fingerprint density at radius 2 is 2.08 bits per heavy atom. The Morgan fingerprint density at radius 3 is 2.69 bits per heavy atom. The zero-order valence-electron chi connectivity index (χ0n) is 21.4. The SMILES string of the molecule is CCOc1cccc(OC2=CC(=O)N(C3(C(=O)NC(=N)/C=C\NCC(C)(C)O)CC3C(C)C)C2)c1F. The minimum Gasteiger partial charge on any atom is -0.491 e. The van der Waals surface area contributed by atoms with Crippen molar-refractivity contribution in [3.63, 3.8) is 0 Å². The zero-order chi connectivity index (χ0) is 26.7. The van der Waals surface area contributed by atoms with E-state index < -0.39 is 28.8 Å². The number of nitrogens with one attached hydrogen (secondary N) is 3. The number of carbonyl (C=O) groups excluding carboxylic acids is 2. The second kappa shape index (κ2) is 10.7. The van der Waals surface area contributed by atoms with Crippen molar-refractivity contribution in [3.05, 3.63) is 48.1 Å². The van der Waals surface area contributed by atoms with Crippen LogP contribution in [0.4, 0.5) is 4.39 Å².